The molecule has 2 aliphatic heterocycles. The second-order valence-electron chi connectivity index (χ2n) is 9.38. The number of nitro benzene ring substituents is 1. The molecule has 1 N–H and O–H groups in total. The van der Waals surface area contributed by atoms with Crippen LogP contribution in [0.5, 0.6) is 5.75 Å². The van der Waals surface area contributed by atoms with E-state index in [2.05, 4.69) is 9.69 Å². The second-order valence-corrected chi connectivity index (χ2v) is 10.5. The van der Waals surface area contributed by atoms with E-state index in [0.29, 0.717) is 23.7 Å². The highest BCUT2D eigenvalue weighted by atomic mass is 35.5. The van der Waals surface area contributed by atoms with Gasteiger partial charge in [-0.05, 0) is 49.1 Å². The Kier molecular flexibility index (Phi) is 7.49. The first kappa shape index (κ1) is 26.6. The first-order valence-electron chi connectivity index (χ1n) is 12.3. The van der Waals surface area contributed by atoms with Gasteiger partial charge in [-0.2, -0.15) is 0 Å². The number of aliphatic imine (C=N–C) groups is 1. The molecular weight excluding hydrogens is 544 g/mol. The number of nitro groups is 1. The van der Waals surface area contributed by atoms with E-state index in [1.807, 2.05) is 31.4 Å². The van der Waals surface area contributed by atoms with Gasteiger partial charge in [0.1, 0.15) is 24.2 Å². The minimum absolute atomic E-state index is 0.0988. The number of benzene rings is 2. The molecule has 0 bridgehead atoms. The van der Waals surface area contributed by atoms with Gasteiger partial charge in [0.15, 0.2) is 0 Å². The topological polar surface area (TPSA) is 130 Å². The lowest BCUT2D eigenvalue weighted by Gasteiger charge is -2.35. The van der Waals surface area contributed by atoms with Gasteiger partial charge >= 0.3 is 6.03 Å². The number of amidine groups is 1. The highest BCUT2D eigenvalue weighted by Gasteiger charge is 2.45. The van der Waals surface area contributed by atoms with Gasteiger partial charge in [0.05, 0.1) is 28.7 Å². The number of amides is 3. The van der Waals surface area contributed by atoms with Crippen molar-refractivity contribution in [3.05, 3.63) is 85.9 Å². The zero-order chi connectivity index (χ0) is 27.7. The molecule has 0 saturated carbocycles. The van der Waals surface area contributed by atoms with E-state index < -0.39 is 23.0 Å². The Morgan fingerprint density at radius 1 is 1.23 bits per heavy atom. The van der Waals surface area contributed by atoms with Crippen LogP contribution in [0.15, 0.2) is 59.0 Å². The van der Waals surface area contributed by atoms with E-state index in [1.54, 1.807) is 29.3 Å². The Labute approximate surface area is 233 Å². The van der Waals surface area contributed by atoms with Crippen LogP contribution in [-0.2, 0) is 4.79 Å². The second kappa shape index (κ2) is 11.0. The summed E-state index contributed by atoms with van der Waals surface area (Å²) in [5.74, 6) is 0.258. The molecule has 2 aromatic carbocycles. The number of halogens is 1. The number of carbonyl (C=O) groups is 2. The van der Waals surface area contributed by atoms with Crippen molar-refractivity contribution in [2.45, 2.75) is 32.0 Å². The first-order valence-corrected chi connectivity index (χ1v) is 13.5. The fourth-order valence-corrected chi connectivity index (χ4v) is 5.36. The number of aromatic nitrogens is 1. The van der Waals surface area contributed by atoms with Crippen LogP contribution in [0.2, 0.25) is 5.02 Å². The van der Waals surface area contributed by atoms with E-state index in [0.717, 1.165) is 11.1 Å². The summed E-state index contributed by atoms with van der Waals surface area (Å²) < 4.78 is 10.3. The predicted molar refractivity (Wildman–Crippen MR) is 146 cm³/mol. The molecule has 0 spiro atoms. The number of hydrogen-bond acceptors (Lipinski definition) is 8. The SMILES string of the molecule is CC(C)Oc1cc([N+](=O)[O-])ccc1C1=N[C@@H](c2ccc(Cl)cc2)[C@@H](c2cnsc2)N1C(=O)N1CCNC(=O)C1. The maximum Gasteiger partial charge on any atom is 0.326 e. The van der Waals surface area contributed by atoms with Crippen LogP contribution in [0.25, 0.3) is 0 Å². The highest BCUT2D eigenvalue weighted by Crippen LogP contribution is 2.45. The zero-order valence-corrected chi connectivity index (χ0v) is 22.7. The van der Waals surface area contributed by atoms with Crippen molar-refractivity contribution in [1.29, 1.82) is 0 Å². The molecule has 11 nitrogen and oxygen atoms in total. The van der Waals surface area contributed by atoms with E-state index >= 15 is 0 Å². The molecule has 13 heteroatoms. The third kappa shape index (κ3) is 5.43. The summed E-state index contributed by atoms with van der Waals surface area (Å²) in [4.78, 5) is 45.5. The Balaban J connectivity index is 1.70. The summed E-state index contributed by atoms with van der Waals surface area (Å²) in [5, 5.41) is 16.7. The van der Waals surface area contributed by atoms with E-state index in [9.17, 15) is 19.7 Å². The summed E-state index contributed by atoms with van der Waals surface area (Å²) in [6.07, 6.45) is 1.40. The smallest absolute Gasteiger partial charge is 0.326 e. The largest absolute Gasteiger partial charge is 0.490 e. The molecule has 39 heavy (non-hydrogen) atoms. The number of non-ortho nitro benzene ring substituents is 1. The molecule has 0 aliphatic carbocycles. The molecule has 3 amide bonds. The first-order chi connectivity index (χ1) is 18.7. The number of carbonyl (C=O) groups excluding carboxylic acids is 2. The molecule has 0 unspecified atom stereocenters. The fourth-order valence-electron chi connectivity index (χ4n) is 4.67. The molecule has 1 saturated heterocycles. The molecule has 5 rings (SSSR count). The summed E-state index contributed by atoms with van der Waals surface area (Å²) in [6, 6.07) is 9.91. The number of ether oxygens (including phenoxy) is 1. The molecule has 0 radical (unpaired) electrons. The number of rotatable bonds is 6. The van der Waals surface area contributed by atoms with Crippen molar-refractivity contribution >= 4 is 46.6 Å². The zero-order valence-electron chi connectivity index (χ0n) is 21.1. The van der Waals surface area contributed by atoms with Crippen molar-refractivity contribution in [3.63, 3.8) is 0 Å². The lowest BCUT2D eigenvalue weighted by molar-refractivity contribution is -0.384. The number of nitrogens with zero attached hydrogens (tertiary/aromatic N) is 5. The average Bonchev–Trinajstić information content (AvgIpc) is 3.56. The predicted octanol–water partition coefficient (Wildman–Crippen LogP) is 4.59. The van der Waals surface area contributed by atoms with Crippen molar-refractivity contribution in [2.24, 2.45) is 4.99 Å². The maximum atomic E-state index is 14.2. The molecule has 2 atom stereocenters. The third-order valence-electron chi connectivity index (χ3n) is 6.37. The standard InChI is InChI=1S/C26H25ClN6O5S/c1-15(2)38-21-11-19(33(36)37)7-8-20(21)25-30-23(16-3-5-18(27)6-4-16)24(17-12-29-39-14-17)32(25)26(35)31-10-9-28-22(34)13-31/h3-8,11-12,14-15,23-24H,9-10,13H2,1-2H3,(H,28,34)/t23-,24+/m0/s1. The third-order valence-corrected chi connectivity index (χ3v) is 7.22. The van der Waals surface area contributed by atoms with Gasteiger partial charge in [-0.1, -0.05) is 23.7 Å². The van der Waals surface area contributed by atoms with Gasteiger partial charge < -0.3 is 15.0 Å². The van der Waals surface area contributed by atoms with Crippen LogP contribution in [0, 0.1) is 10.1 Å². The molecule has 202 valence electrons. The summed E-state index contributed by atoms with van der Waals surface area (Å²) in [5.41, 5.74) is 1.86. The molecule has 3 aromatic rings. The summed E-state index contributed by atoms with van der Waals surface area (Å²) >= 11 is 7.41. The quantitative estimate of drug-likeness (QED) is 0.342. The number of hydrogen-bond donors (Lipinski definition) is 1. The van der Waals surface area contributed by atoms with Crippen molar-refractivity contribution in [1.82, 2.24) is 19.5 Å². The summed E-state index contributed by atoms with van der Waals surface area (Å²) in [6.45, 7) is 4.17. The Morgan fingerprint density at radius 3 is 2.64 bits per heavy atom. The van der Waals surface area contributed by atoms with Crippen molar-refractivity contribution < 1.29 is 19.2 Å². The Bertz CT molecular complexity index is 1430. The molecule has 1 aromatic heterocycles. The van der Waals surface area contributed by atoms with Gasteiger partial charge in [0.2, 0.25) is 5.91 Å². The fraction of sp³-hybridized carbons (Fsp3) is 0.308. The lowest BCUT2D eigenvalue weighted by atomic mass is 9.96. The number of nitrogens with one attached hydrogen (secondary N) is 1. The van der Waals surface area contributed by atoms with Gasteiger partial charge in [-0.3, -0.25) is 24.8 Å². The molecular formula is C26H25ClN6O5S. The van der Waals surface area contributed by atoms with Crippen LogP contribution in [0.1, 0.15) is 42.6 Å². The molecule has 3 heterocycles. The molecule has 2 aliphatic rings. The van der Waals surface area contributed by atoms with Gasteiger partial charge in [0, 0.05) is 41.3 Å². The summed E-state index contributed by atoms with van der Waals surface area (Å²) in [7, 11) is 0. The maximum absolute atomic E-state index is 14.2. The van der Waals surface area contributed by atoms with E-state index in [1.165, 1.54) is 28.6 Å². The lowest BCUT2D eigenvalue weighted by Crippen LogP contribution is -2.55. The van der Waals surface area contributed by atoms with Crippen molar-refractivity contribution in [2.75, 3.05) is 19.6 Å². The van der Waals surface area contributed by atoms with E-state index in [-0.39, 0.29) is 35.8 Å². The highest BCUT2D eigenvalue weighted by molar-refractivity contribution is 7.03. The number of piperazine rings is 1. The van der Waals surface area contributed by atoms with Crippen LogP contribution in [0.3, 0.4) is 0 Å². The normalized spacial score (nSPS) is 19.2. The minimum Gasteiger partial charge on any atom is -0.490 e. The van der Waals surface area contributed by atoms with Gasteiger partial charge in [-0.25, -0.2) is 9.17 Å². The van der Waals surface area contributed by atoms with E-state index in [4.69, 9.17) is 21.3 Å². The monoisotopic (exact) mass is 568 g/mol. The Morgan fingerprint density at radius 2 is 2.00 bits per heavy atom. The van der Waals surface area contributed by atoms with Crippen LogP contribution >= 0.6 is 23.1 Å². The van der Waals surface area contributed by atoms with Crippen LogP contribution < -0.4 is 10.1 Å². The van der Waals surface area contributed by atoms with Gasteiger partial charge in [-0.15, -0.1) is 0 Å². The molecule has 1 fully saturated rings. The average molecular weight is 569 g/mol. The number of urea groups is 1. The van der Waals surface area contributed by atoms with Gasteiger partial charge in [0.25, 0.3) is 5.69 Å². The Hall–Kier alpha value is -4.03. The van der Waals surface area contributed by atoms with Crippen LogP contribution in [-0.4, -0.2) is 62.6 Å². The minimum atomic E-state index is -0.598. The van der Waals surface area contributed by atoms with Crippen LogP contribution in [0.4, 0.5) is 10.5 Å². The van der Waals surface area contributed by atoms with Crippen molar-refractivity contribution in [3.8, 4) is 5.75 Å².